The molecule has 1 atom stereocenters. The Labute approximate surface area is 169 Å². The highest BCUT2D eigenvalue weighted by Gasteiger charge is 2.32. The lowest BCUT2D eigenvalue weighted by Gasteiger charge is -2.23. The number of amides is 1. The zero-order chi connectivity index (χ0) is 21.0. The van der Waals surface area contributed by atoms with Crippen molar-refractivity contribution in [2.24, 2.45) is 0 Å². The first-order valence-corrected chi connectivity index (χ1v) is 10.7. The van der Waals surface area contributed by atoms with E-state index in [1.165, 1.54) is 13.8 Å². The van der Waals surface area contributed by atoms with Crippen LogP contribution in [0.4, 0.5) is 0 Å². The van der Waals surface area contributed by atoms with E-state index in [1.807, 2.05) is 0 Å². The average molecular weight is 421 g/mol. The maximum absolute atomic E-state index is 12.8. The highest BCUT2D eigenvalue weighted by atomic mass is 32.2. The Hall–Kier alpha value is -2.72. The fourth-order valence-electron chi connectivity index (χ4n) is 3.25. The summed E-state index contributed by atoms with van der Waals surface area (Å²) in [6, 6.07) is 8.67. The molecule has 1 aliphatic rings. The van der Waals surface area contributed by atoms with E-state index < -0.39 is 28.6 Å². The molecule has 1 aliphatic heterocycles. The number of sulfonamides is 1. The van der Waals surface area contributed by atoms with Gasteiger partial charge in [-0.2, -0.15) is 4.72 Å². The lowest BCUT2D eigenvalue weighted by Crippen LogP contribution is -2.37. The molecule has 1 saturated heterocycles. The van der Waals surface area contributed by atoms with Gasteiger partial charge in [0, 0.05) is 18.7 Å². The maximum Gasteiger partial charge on any atom is 0.322 e. The molecule has 29 heavy (non-hydrogen) atoms. The molecule has 9 nitrogen and oxygen atoms in total. The third-order valence-corrected chi connectivity index (χ3v) is 6.28. The van der Waals surface area contributed by atoms with E-state index in [0.717, 1.165) is 12.8 Å². The molecule has 1 N–H and O–H groups in total. The molecule has 0 unspecified atom stereocenters. The van der Waals surface area contributed by atoms with Gasteiger partial charge in [-0.3, -0.25) is 9.59 Å². The van der Waals surface area contributed by atoms with Gasteiger partial charge in [-0.15, -0.1) is 0 Å². The van der Waals surface area contributed by atoms with E-state index in [-0.39, 0.29) is 22.3 Å². The standard InChI is InChI=1S/C19H23N3O6S/c1-13-18(14(2)28-21-13)29(25,26)20-12-16(23)27-17(15-8-4-3-5-9-15)19(24)22-10-6-7-11-22/h3-5,8-9,17,20H,6-7,10-12H2,1-2H3/t17-/m0/s1. The van der Waals surface area contributed by atoms with Gasteiger partial charge in [0.2, 0.25) is 16.1 Å². The zero-order valence-corrected chi connectivity index (χ0v) is 17.1. The Morgan fingerprint density at radius 2 is 1.86 bits per heavy atom. The van der Waals surface area contributed by atoms with Gasteiger partial charge in [0.25, 0.3) is 5.91 Å². The molecule has 2 aromatic rings. The number of benzene rings is 1. The van der Waals surface area contributed by atoms with E-state index >= 15 is 0 Å². The predicted octanol–water partition coefficient (Wildman–Crippen LogP) is 1.48. The van der Waals surface area contributed by atoms with E-state index in [1.54, 1.807) is 35.2 Å². The number of aryl methyl sites for hydroxylation is 2. The topological polar surface area (TPSA) is 119 Å². The van der Waals surface area contributed by atoms with Crippen molar-refractivity contribution >= 4 is 21.9 Å². The second-order valence-corrected chi connectivity index (χ2v) is 8.49. The number of carbonyl (C=O) groups is 2. The number of nitrogens with one attached hydrogen (secondary N) is 1. The van der Waals surface area contributed by atoms with Crippen molar-refractivity contribution in [1.29, 1.82) is 0 Å². The van der Waals surface area contributed by atoms with Crippen molar-refractivity contribution in [2.75, 3.05) is 19.6 Å². The Bertz CT molecular complexity index is 961. The smallest absolute Gasteiger partial charge is 0.322 e. The molecule has 1 amide bonds. The van der Waals surface area contributed by atoms with Crippen LogP contribution < -0.4 is 4.72 Å². The van der Waals surface area contributed by atoms with Crippen LogP contribution in [0, 0.1) is 13.8 Å². The summed E-state index contributed by atoms with van der Waals surface area (Å²) in [4.78, 5) is 26.8. The third-order valence-electron chi connectivity index (χ3n) is 4.64. The SMILES string of the molecule is Cc1noc(C)c1S(=O)(=O)NCC(=O)O[C@H](C(=O)N1CCCC1)c1ccccc1. The maximum atomic E-state index is 12.8. The number of ether oxygens (including phenoxy) is 1. The molecule has 0 saturated carbocycles. The highest BCUT2D eigenvalue weighted by molar-refractivity contribution is 7.89. The summed E-state index contributed by atoms with van der Waals surface area (Å²) in [5.74, 6) is -1.05. The van der Waals surface area contributed by atoms with E-state index in [2.05, 4.69) is 9.88 Å². The van der Waals surface area contributed by atoms with Crippen LogP contribution in [-0.4, -0.2) is 50.0 Å². The van der Waals surface area contributed by atoms with Crippen LogP contribution in [0.2, 0.25) is 0 Å². The summed E-state index contributed by atoms with van der Waals surface area (Å²) in [5, 5.41) is 3.60. The third kappa shape index (κ3) is 4.83. The Morgan fingerprint density at radius 3 is 2.45 bits per heavy atom. The fraction of sp³-hybridized carbons (Fsp3) is 0.421. The van der Waals surface area contributed by atoms with Crippen molar-refractivity contribution in [3.63, 3.8) is 0 Å². The van der Waals surface area contributed by atoms with Crippen molar-refractivity contribution in [2.45, 2.75) is 37.7 Å². The van der Waals surface area contributed by atoms with Crippen LogP contribution in [-0.2, 0) is 24.3 Å². The molecule has 156 valence electrons. The molecular formula is C19H23N3O6S. The van der Waals surface area contributed by atoms with Crippen LogP contribution in [0.5, 0.6) is 0 Å². The largest absolute Gasteiger partial charge is 0.446 e. The van der Waals surface area contributed by atoms with Crippen LogP contribution in [0.25, 0.3) is 0 Å². The minimum atomic E-state index is -4.01. The van der Waals surface area contributed by atoms with Crippen molar-refractivity contribution in [1.82, 2.24) is 14.8 Å². The van der Waals surface area contributed by atoms with Gasteiger partial charge < -0.3 is 14.2 Å². The van der Waals surface area contributed by atoms with Crippen LogP contribution >= 0.6 is 0 Å². The molecule has 0 spiro atoms. The van der Waals surface area contributed by atoms with Crippen LogP contribution in [0.1, 0.15) is 36.0 Å². The molecule has 0 radical (unpaired) electrons. The van der Waals surface area contributed by atoms with Gasteiger partial charge in [0.05, 0.1) is 0 Å². The molecule has 0 aliphatic carbocycles. The first-order valence-electron chi connectivity index (χ1n) is 9.25. The summed E-state index contributed by atoms with van der Waals surface area (Å²) >= 11 is 0. The second-order valence-electron chi connectivity index (χ2n) is 6.79. The predicted molar refractivity (Wildman–Crippen MR) is 102 cm³/mol. The monoisotopic (exact) mass is 421 g/mol. The van der Waals surface area contributed by atoms with Gasteiger partial charge in [0.15, 0.2) is 5.76 Å². The molecular weight excluding hydrogens is 398 g/mol. The summed E-state index contributed by atoms with van der Waals surface area (Å²) in [6.07, 6.45) is 0.682. The quantitative estimate of drug-likeness (QED) is 0.673. The number of hydrogen-bond donors (Lipinski definition) is 1. The van der Waals surface area contributed by atoms with E-state index in [0.29, 0.717) is 18.7 Å². The number of carbonyl (C=O) groups excluding carboxylic acids is 2. The van der Waals surface area contributed by atoms with Crippen LogP contribution in [0.15, 0.2) is 39.8 Å². The lowest BCUT2D eigenvalue weighted by molar-refractivity contribution is -0.159. The van der Waals surface area contributed by atoms with E-state index in [4.69, 9.17) is 9.26 Å². The van der Waals surface area contributed by atoms with Gasteiger partial charge in [0.1, 0.15) is 17.1 Å². The first-order chi connectivity index (χ1) is 13.8. The first kappa shape index (κ1) is 21.0. The number of hydrogen-bond acceptors (Lipinski definition) is 7. The molecule has 10 heteroatoms. The summed E-state index contributed by atoms with van der Waals surface area (Å²) in [7, 11) is -4.01. The van der Waals surface area contributed by atoms with Gasteiger partial charge in [-0.05, 0) is 26.7 Å². The normalized spacial score (nSPS) is 15.3. The van der Waals surface area contributed by atoms with Gasteiger partial charge >= 0.3 is 5.97 Å². The second kappa shape index (κ2) is 8.75. The lowest BCUT2D eigenvalue weighted by atomic mass is 10.1. The summed E-state index contributed by atoms with van der Waals surface area (Å²) in [5.41, 5.74) is 0.723. The molecule has 0 bridgehead atoms. The Balaban J connectivity index is 1.71. The summed E-state index contributed by atoms with van der Waals surface area (Å²) in [6.45, 7) is 3.55. The highest BCUT2D eigenvalue weighted by Crippen LogP contribution is 2.23. The Morgan fingerprint density at radius 1 is 1.21 bits per heavy atom. The molecule has 1 aromatic carbocycles. The van der Waals surface area contributed by atoms with Crippen LogP contribution in [0.3, 0.4) is 0 Å². The van der Waals surface area contributed by atoms with Crippen molar-refractivity contribution in [3.05, 3.63) is 47.3 Å². The minimum Gasteiger partial charge on any atom is -0.446 e. The van der Waals surface area contributed by atoms with Gasteiger partial charge in [-0.25, -0.2) is 8.42 Å². The molecule has 2 heterocycles. The number of aromatic nitrogens is 1. The number of esters is 1. The minimum absolute atomic E-state index is 0.113. The van der Waals surface area contributed by atoms with Gasteiger partial charge in [-0.1, -0.05) is 35.5 Å². The number of rotatable bonds is 7. The zero-order valence-electron chi connectivity index (χ0n) is 16.3. The number of likely N-dealkylation sites (tertiary alicyclic amines) is 1. The fourth-order valence-corrected chi connectivity index (χ4v) is 4.54. The molecule has 1 aromatic heterocycles. The molecule has 3 rings (SSSR count). The number of nitrogens with zero attached hydrogens (tertiary/aromatic N) is 2. The molecule has 1 fully saturated rings. The van der Waals surface area contributed by atoms with E-state index in [9.17, 15) is 18.0 Å². The summed E-state index contributed by atoms with van der Waals surface area (Å²) < 4.78 is 37.3. The average Bonchev–Trinajstić information content (AvgIpc) is 3.35. The van der Waals surface area contributed by atoms with Crippen molar-refractivity contribution < 1.29 is 27.3 Å². The Kier molecular flexibility index (Phi) is 6.33. The van der Waals surface area contributed by atoms with Crippen molar-refractivity contribution in [3.8, 4) is 0 Å².